The Hall–Kier alpha value is -0.603. The Balaban J connectivity index is 2.01. The Bertz CT molecular complexity index is 451. The fraction of sp³-hybridized carbons (Fsp3) is 0.714. The lowest BCUT2D eigenvalue weighted by atomic mass is 9.78. The topological polar surface area (TPSA) is 9.23 Å². The first-order valence-electron chi connectivity index (χ1n) is 9.69. The van der Waals surface area contributed by atoms with Gasteiger partial charge in [-0.1, -0.05) is 56.5 Å². The van der Waals surface area contributed by atoms with Crippen LogP contribution in [0.5, 0.6) is 0 Å². The van der Waals surface area contributed by atoms with E-state index in [1.54, 1.807) is 0 Å². The largest absolute Gasteiger partial charge is 0.412 e. The predicted octanol–water partition coefficient (Wildman–Crippen LogP) is 6.59. The third kappa shape index (κ3) is 5.76. The van der Waals surface area contributed by atoms with Crippen molar-refractivity contribution >= 4 is 8.32 Å². The molecule has 0 aromatic heterocycles. The number of aryl methyl sites for hydroxylation is 1. The van der Waals surface area contributed by atoms with Crippen LogP contribution in [0.25, 0.3) is 0 Å². The maximum Gasteiger partial charge on any atom is 0.184 e. The summed E-state index contributed by atoms with van der Waals surface area (Å²) < 4.78 is 6.85. The number of benzene rings is 1. The van der Waals surface area contributed by atoms with Crippen LogP contribution in [0.15, 0.2) is 30.3 Å². The van der Waals surface area contributed by atoms with E-state index < -0.39 is 8.32 Å². The molecule has 1 aromatic rings. The molecule has 1 aliphatic carbocycles. The summed E-state index contributed by atoms with van der Waals surface area (Å²) in [5.41, 5.74) is 1.65. The minimum atomic E-state index is -1.51. The van der Waals surface area contributed by atoms with Crippen LogP contribution in [0.3, 0.4) is 0 Å². The van der Waals surface area contributed by atoms with Crippen LogP contribution in [0.1, 0.15) is 63.9 Å². The molecule has 1 aliphatic rings. The highest BCUT2D eigenvalue weighted by Crippen LogP contribution is 2.42. The van der Waals surface area contributed by atoms with Gasteiger partial charge in [0.15, 0.2) is 8.32 Å². The van der Waals surface area contributed by atoms with Crippen molar-refractivity contribution in [3.63, 3.8) is 0 Å². The first kappa shape index (κ1) is 18.7. The number of hydrogen-bond acceptors (Lipinski definition) is 1. The Labute approximate surface area is 145 Å². The predicted molar refractivity (Wildman–Crippen MR) is 103 cm³/mol. The molecule has 0 bridgehead atoms. The molecule has 0 unspecified atom stereocenters. The first-order valence-corrected chi connectivity index (χ1v) is 13.1. The van der Waals surface area contributed by atoms with E-state index in [0.29, 0.717) is 0 Å². The van der Waals surface area contributed by atoms with Crippen molar-refractivity contribution in [3.05, 3.63) is 35.9 Å². The molecule has 1 saturated carbocycles. The fourth-order valence-corrected chi connectivity index (χ4v) is 5.98. The summed E-state index contributed by atoms with van der Waals surface area (Å²) in [4.78, 5) is 0. The van der Waals surface area contributed by atoms with Gasteiger partial charge in [-0.2, -0.15) is 0 Å². The van der Waals surface area contributed by atoms with Crippen molar-refractivity contribution in [1.82, 2.24) is 0 Å². The van der Waals surface area contributed by atoms with Gasteiger partial charge in [0.2, 0.25) is 0 Å². The SMILES string of the molecule is CC[C@@]1(O[Si](C)(C)C)CCCCC[C@@H]1CCCc1ccccc1. The van der Waals surface area contributed by atoms with Gasteiger partial charge in [-0.15, -0.1) is 0 Å². The van der Waals surface area contributed by atoms with Gasteiger partial charge in [0.25, 0.3) is 0 Å². The van der Waals surface area contributed by atoms with Crippen LogP contribution < -0.4 is 0 Å². The van der Waals surface area contributed by atoms with Crippen LogP contribution in [-0.2, 0) is 10.8 Å². The van der Waals surface area contributed by atoms with Gasteiger partial charge in [-0.25, -0.2) is 0 Å². The maximum absolute atomic E-state index is 6.85. The zero-order chi connectivity index (χ0) is 16.8. The zero-order valence-corrected chi connectivity index (χ0v) is 16.7. The number of hydrogen-bond donors (Lipinski definition) is 0. The van der Waals surface area contributed by atoms with E-state index in [4.69, 9.17) is 4.43 Å². The van der Waals surface area contributed by atoms with Crippen molar-refractivity contribution in [2.24, 2.45) is 5.92 Å². The van der Waals surface area contributed by atoms with Gasteiger partial charge >= 0.3 is 0 Å². The second-order valence-corrected chi connectivity index (χ2v) is 12.7. The van der Waals surface area contributed by atoms with Crippen molar-refractivity contribution < 1.29 is 4.43 Å². The molecule has 130 valence electrons. The number of rotatable bonds is 7. The normalized spacial score (nSPS) is 26.0. The van der Waals surface area contributed by atoms with Crippen LogP contribution in [0.2, 0.25) is 19.6 Å². The van der Waals surface area contributed by atoms with Crippen LogP contribution in [-0.4, -0.2) is 13.9 Å². The van der Waals surface area contributed by atoms with Gasteiger partial charge in [-0.3, -0.25) is 0 Å². The van der Waals surface area contributed by atoms with E-state index in [1.165, 1.54) is 63.4 Å². The Morgan fingerprint density at radius 1 is 1.09 bits per heavy atom. The van der Waals surface area contributed by atoms with Crippen molar-refractivity contribution in [3.8, 4) is 0 Å². The minimum Gasteiger partial charge on any atom is -0.412 e. The first-order chi connectivity index (χ1) is 11.0. The van der Waals surface area contributed by atoms with Gasteiger partial charge in [0, 0.05) is 0 Å². The standard InChI is InChI=1S/C21H36OSi/c1-5-21(22-23(2,3)4)18-11-7-10-16-20(21)17-12-15-19-13-8-6-9-14-19/h6,8-9,13-14,20H,5,7,10-12,15-18H2,1-4H3/t20-,21-/m1/s1. The Morgan fingerprint density at radius 2 is 1.83 bits per heavy atom. The van der Waals surface area contributed by atoms with Crippen molar-refractivity contribution in [2.75, 3.05) is 0 Å². The third-order valence-corrected chi connectivity index (χ3v) is 6.38. The minimum absolute atomic E-state index is 0.164. The summed E-state index contributed by atoms with van der Waals surface area (Å²) in [5.74, 6) is 0.755. The highest BCUT2D eigenvalue weighted by Gasteiger charge is 2.41. The van der Waals surface area contributed by atoms with E-state index in [9.17, 15) is 0 Å². The second-order valence-electron chi connectivity index (χ2n) is 8.31. The summed E-state index contributed by atoms with van der Waals surface area (Å²) >= 11 is 0. The summed E-state index contributed by atoms with van der Waals surface area (Å²) in [6, 6.07) is 11.0. The molecule has 1 nitrogen and oxygen atoms in total. The van der Waals surface area contributed by atoms with Crippen LogP contribution in [0.4, 0.5) is 0 Å². The molecule has 2 heteroatoms. The molecular weight excluding hydrogens is 296 g/mol. The molecule has 0 aliphatic heterocycles. The Kier molecular flexibility index (Phi) is 6.91. The van der Waals surface area contributed by atoms with Gasteiger partial charge in [0.05, 0.1) is 5.60 Å². The third-order valence-electron chi connectivity index (χ3n) is 5.37. The lowest BCUT2D eigenvalue weighted by Crippen LogP contribution is -2.47. The van der Waals surface area contributed by atoms with E-state index in [-0.39, 0.29) is 5.60 Å². The smallest absolute Gasteiger partial charge is 0.184 e. The van der Waals surface area contributed by atoms with E-state index >= 15 is 0 Å². The van der Waals surface area contributed by atoms with Gasteiger partial charge < -0.3 is 4.43 Å². The summed E-state index contributed by atoms with van der Waals surface area (Å²) in [5, 5.41) is 0. The molecule has 0 spiro atoms. The fourth-order valence-electron chi connectivity index (χ4n) is 4.35. The second kappa shape index (κ2) is 8.48. The molecule has 1 fully saturated rings. The quantitative estimate of drug-likeness (QED) is 0.404. The Morgan fingerprint density at radius 3 is 2.48 bits per heavy atom. The van der Waals surface area contributed by atoms with Gasteiger partial charge in [0.1, 0.15) is 0 Å². The molecule has 0 radical (unpaired) electrons. The van der Waals surface area contributed by atoms with E-state index in [0.717, 1.165) is 5.92 Å². The van der Waals surface area contributed by atoms with Crippen LogP contribution in [0, 0.1) is 5.92 Å². The van der Waals surface area contributed by atoms with E-state index in [1.807, 2.05) is 0 Å². The molecule has 2 rings (SSSR count). The van der Waals surface area contributed by atoms with Crippen molar-refractivity contribution in [1.29, 1.82) is 0 Å². The van der Waals surface area contributed by atoms with Crippen LogP contribution >= 0.6 is 0 Å². The average molecular weight is 333 g/mol. The molecule has 1 aromatic carbocycles. The maximum atomic E-state index is 6.85. The molecule has 0 heterocycles. The average Bonchev–Trinajstić information content (AvgIpc) is 2.70. The summed E-state index contributed by atoms with van der Waals surface area (Å²) in [6.07, 6.45) is 11.8. The molecule has 2 atom stereocenters. The van der Waals surface area contributed by atoms with E-state index in [2.05, 4.69) is 56.9 Å². The molecular formula is C21H36OSi. The molecule has 23 heavy (non-hydrogen) atoms. The van der Waals surface area contributed by atoms with Gasteiger partial charge in [-0.05, 0) is 69.6 Å². The molecule has 0 saturated heterocycles. The van der Waals surface area contributed by atoms with Crippen molar-refractivity contribution in [2.45, 2.75) is 90.0 Å². The monoisotopic (exact) mass is 332 g/mol. The highest BCUT2D eigenvalue weighted by atomic mass is 28.4. The lowest BCUT2D eigenvalue weighted by molar-refractivity contribution is -0.0143. The summed E-state index contributed by atoms with van der Waals surface area (Å²) in [7, 11) is -1.51. The highest BCUT2D eigenvalue weighted by molar-refractivity contribution is 6.69. The summed E-state index contributed by atoms with van der Waals surface area (Å²) in [6.45, 7) is 9.43. The zero-order valence-electron chi connectivity index (χ0n) is 15.7. The molecule has 0 amide bonds. The lowest BCUT2D eigenvalue weighted by Gasteiger charge is -2.44. The molecule has 0 N–H and O–H groups in total.